The van der Waals surface area contributed by atoms with Gasteiger partial charge in [-0.05, 0) is 30.9 Å². The number of piperidine rings is 1. The predicted molar refractivity (Wildman–Crippen MR) is 83.0 cm³/mol. The van der Waals surface area contributed by atoms with Gasteiger partial charge in [-0.2, -0.15) is 0 Å². The maximum atomic E-state index is 12.4. The van der Waals surface area contributed by atoms with Gasteiger partial charge < -0.3 is 4.90 Å². The molecule has 1 aromatic rings. The third-order valence-electron chi connectivity index (χ3n) is 3.70. The maximum Gasteiger partial charge on any atom is 0.244 e. The molecule has 6 heteroatoms. The summed E-state index contributed by atoms with van der Waals surface area (Å²) >= 11 is 5.96. The molecule has 0 bridgehead atoms. The molecule has 1 aliphatic heterocycles. The van der Waals surface area contributed by atoms with Gasteiger partial charge in [-0.1, -0.05) is 12.1 Å². The third kappa shape index (κ3) is 3.10. The minimum absolute atomic E-state index is 0.375. The van der Waals surface area contributed by atoms with Crippen LogP contribution in [-0.4, -0.2) is 45.8 Å². The second kappa shape index (κ2) is 6.33. The van der Waals surface area contributed by atoms with Gasteiger partial charge in [0.25, 0.3) is 0 Å². The Morgan fingerprint density at radius 1 is 1.35 bits per heavy atom. The highest BCUT2D eigenvalue weighted by molar-refractivity contribution is 7.89. The van der Waals surface area contributed by atoms with Crippen molar-refractivity contribution in [3.8, 4) is 0 Å². The molecule has 0 aliphatic carbocycles. The van der Waals surface area contributed by atoms with Crippen LogP contribution in [0.25, 0.3) is 0 Å². The quantitative estimate of drug-likeness (QED) is 0.801. The Morgan fingerprint density at radius 3 is 2.70 bits per heavy atom. The van der Waals surface area contributed by atoms with E-state index in [0.29, 0.717) is 16.7 Å². The monoisotopic (exact) mass is 316 g/mol. The SMILES string of the molecule is CN(C)S(=O)(=O)c1ccccc1N1CCCC(CCl)C1. The number of benzene rings is 1. The summed E-state index contributed by atoms with van der Waals surface area (Å²) in [4.78, 5) is 2.52. The van der Waals surface area contributed by atoms with Gasteiger partial charge in [0.2, 0.25) is 10.0 Å². The first-order valence-electron chi connectivity index (χ1n) is 6.79. The van der Waals surface area contributed by atoms with Gasteiger partial charge in [0.05, 0.1) is 5.69 Å². The van der Waals surface area contributed by atoms with Crippen molar-refractivity contribution in [1.82, 2.24) is 4.31 Å². The second-order valence-corrected chi connectivity index (χ2v) is 7.79. The number of alkyl halides is 1. The van der Waals surface area contributed by atoms with E-state index in [2.05, 4.69) is 4.90 Å². The normalized spacial score (nSPS) is 20.4. The lowest BCUT2D eigenvalue weighted by Gasteiger charge is -2.34. The van der Waals surface area contributed by atoms with Gasteiger partial charge >= 0.3 is 0 Å². The van der Waals surface area contributed by atoms with Gasteiger partial charge in [0, 0.05) is 33.1 Å². The number of hydrogen-bond acceptors (Lipinski definition) is 3. The fraction of sp³-hybridized carbons (Fsp3) is 0.571. The molecule has 2 rings (SSSR count). The van der Waals surface area contributed by atoms with Crippen LogP contribution in [0.1, 0.15) is 12.8 Å². The van der Waals surface area contributed by atoms with Crippen LogP contribution in [0.5, 0.6) is 0 Å². The standard InChI is InChI=1S/C14H21ClN2O2S/c1-16(2)20(18,19)14-8-4-3-7-13(14)17-9-5-6-12(10-15)11-17/h3-4,7-8,12H,5-6,9-11H2,1-2H3. The number of sulfonamides is 1. The van der Waals surface area contributed by atoms with Crippen molar-refractivity contribution in [2.75, 3.05) is 38.0 Å². The van der Waals surface area contributed by atoms with Gasteiger partial charge in [-0.15, -0.1) is 11.6 Å². The van der Waals surface area contributed by atoms with E-state index < -0.39 is 10.0 Å². The van der Waals surface area contributed by atoms with Crippen LogP contribution in [0, 0.1) is 5.92 Å². The Balaban J connectivity index is 2.38. The van der Waals surface area contributed by atoms with E-state index in [1.54, 1.807) is 26.2 Å². The van der Waals surface area contributed by atoms with Crippen LogP contribution < -0.4 is 4.90 Å². The molecule has 0 aromatic heterocycles. The summed E-state index contributed by atoms with van der Waals surface area (Å²) in [6, 6.07) is 7.21. The zero-order chi connectivity index (χ0) is 14.8. The van der Waals surface area contributed by atoms with Crippen molar-refractivity contribution in [3.05, 3.63) is 24.3 Å². The molecule has 1 atom stereocenters. The van der Waals surface area contributed by atoms with Crippen molar-refractivity contribution in [1.29, 1.82) is 0 Å². The van der Waals surface area contributed by atoms with Crippen molar-refractivity contribution in [3.63, 3.8) is 0 Å². The summed E-state index contributed by atoms with van der Waals surface area (Å²) in [5.74, 6) is 1.06. The van der Waals surface area contributed by atoms with Crippen molar-refractivity contribution in [2.45, 2.75) is 17.7 Å². The Hall–Kier alpha value is -0.780. The Labute approximate surface area is 126 Å². The molecule has 1 unspecified atom stereocenters. The molecular weight excluding hydrogens is 296 g/mol. The third-order valence-corrected chi connectivity index (χ3v) is 6.00. The lowest BCUT2D eigenvalue weighted by atomic mass is 9.99. The first-order chi connectivity index (χ1) is 9.46. The van der Waals surface area contributed by atoms with Gasteiger partial charge in [0.1, 0.15) is 4.90 Å². The Morgan fingerprint density at radius 2 is 2.05 bits per heavy atom. The molecule has 1 aromatic carbocycles. The summed E-state index contributed by atoms with van der Waals surface area (Å²) in [5, 5.41) is 0. The molecular formula is C14H21ClN2O2S. The first kappa shape index (κ1) is 15.6. The van der Waals surface area contributed by atoms with Crippen LogP contribution in [0.15, 0.2) is 29.2 Å². The highest BCUT2D eigenvalue weighted by Crippen LogP contribution is 2.30. The lowest BCUT2D eigenvalue weighted by Crippen LogP contribution is -2.37. The average Bonchev–Trinajstić information content (AvgIpc) is 2.47. The van der Waals surface area contributed by atoms with E-state index >= 15 is 0 Å². The zero-order valence-corrected chi connectivity index (χ0v) is 13.5. The molecule has 0 N–H and O–H groups in total. The van der Waals surface area contributed by atoms with Crippen molar-refractivity contribution < 1.29 is 8.42 Å². The molecule has 0 amide bonds. The number of nitrogens with zero attached hydrogens (tertiary/aromatic N) is 2. The Kier molecular flexibility index (Phi) is 4.94. The Bertz CT molecular complexity index is 560. The summed E-state index contributed by atoms with van der Waals surface area (Å²) in [6.45, 7) is 1.71. The molecule has 20 heavy (non-hydrogen) atoms. The molecule has 1 heterocycles. The van der Waals surface area contributed by atoms with E-state index in [1.807, 2.05) is 12.1 Å². The minimum Gasteiger partial charge on any atom is -0.370 e. The smallest absolute Gasteiger partial charge is 0.244 e. The zero-order valence-electron chi connectivity index (χ0n) is 11.9. The number of para-hydroxylation sites is 1. The van der Waals surface area contributed by atoms with E-state index in [9.17, 15) is 8.42 Å². The highest BCUT2D eigenvalue weighted by atomic mass is 35.5. The minimum atomic E-state index is -3.42. The second-order valence-electron chi connectivity index (χ2n) is 5.36. The van der Waals surface area contributed by atoms with Gasteiger partial charge in [-0.3, -0.25) is 0 Å². The average molecular weight is 317 g/mol. The van der Waals surface area contributed by atoms with Crippen LogP contribution in [0.2, 0.25) is 0 Å². The summed E-state index contributed by atoms with van der Waals surface area (Å²) in [5.41, 5.74) is 0.788. The fourth-order valence-corrected chi connectivity index (χ4v) is 3.90. The summed E-state index contributed by atoms with van der Waals surface area (Å²) in [6.07, 6.45) is 2.16. The largest absolute Gasteiger partial charge is 0.370 e. The summed E-state index contributed by atoms with van der Waals surface area (Å²) in [7, 11) is -0.304. The summed E-state index contributed by atoms with van der Waals surface area (Å²) < 4.78 is 26.1. The molecule has 112 valence electrons. The highest BCUT2D eigenvalue weighted by Gasteiger charge is 2.26. The van der Waals surface area contributed by atoms with E-state index in [-0.39, 0.29) is 0 Å². The van der Waals surface area contributed by atoms with E-state index in [0.717, 1.165) is 31.6 Å². The van der Waals surface area contributed by atoms with Crippen LogP contribution >= 0.6 is 11.6 Å². The first-order valence-corrected chi connectivity index (χ1v) is 8.76. The lowest BCUT2D eigenvalue weighted by molar-refractivity contribution is 0.448. The predicted octanol–water partition coefficient (Wildman–Crippen LogP) is 2.39. The number of rotatable bonds is 4. The number of anilines is 1. The van der Waals surface area contributed by atoms with Crippen LogP contribution in [0.3, 0.4) is 0 Å². The number of hydrogen-bond donors (Lipinski definition) is 0. The molecule has 4 nitrogen and oxygen atoms in total. The maximum absolute atomic E-state index is 12.4. The molecule has 1 saturated heterocycles. The van der Waals surface area contributed by atoms with Crippen molar-refractivity contribution >= 4 is 27.3 Å². The van der Waals surface area contributed by atoms with Crippen LogP contribution in [0.4, 0.5) is 5.69 Å². The van der Waals surface area contributed by atoms with E-state index in [4.69, 9.17) is 11.6 Å². The van der Waals surface area contributed by atoms with Gasteiger partial charge in [0.15, 0.2) is 0 Å². The molecule has 0 spiro atoms. The molecule has 0 radical (unpaired) electrons. The molecule has 0 saturated carbocycles. The molecule has 1 aliphatic rings. The number of halogens is 1. The topological polar surface area (TPSA) is 40.6 Å². The molecule has 1 fully saturated rings. The van der Waals surface area contributed by atoms with E-state index in [1.165, 1.54) is 4.31 Å². The fourth-order valence-electron chi connectivity index (χ4n) is 2.54. The van der Waals surface area contributed by atoms with Gasteiger partial charge in [-0.25, -0.2) is 12.7 Å². The van der Waals surface area contributed by atoms with Crippen molar-refractivity contribution in [2.24, 2.45) is 5.92 Å². The van der Waals surface area contributed by atoms with Crippen LogP contribution in [-0.2, 0) is 10.0 Å².